The summed E-state index contributed by atoms with van der Waals surface area (Å²) in [4.78, 5) is 27.5. The summed E-state index contributed by atoms with van der Waals surface area (Å²) in [5, 5.41) is 2.64. The fourth-order valence-corrected chi connectivity index (χ4v) is 3.29. The molecule has 2 aromatic rings. The Morgan fingerprint density at radius 1 is 1.26 bits per heavy atom. The number of nitrogens with one attached hydrogen (secondary N) is 1. The minimum absolute atomic E-state index is 0.0609. The highest BCUT2D eigenvalue weighted by molar-refractivity contribution is 7.14. The number of thiophene rings is 1. The Labute approximate surface area is 138 Å². The van der Waals surface area contributed by atoms with E-state index in [1.54, 1.807) is 7.05 Å². The first-order chi connectivity index (χ1) is 10.9. The van der Waals surface area contributed by atoms with Crippen molar-refractivity contribution in [2.24, 2.45) is 0 Å². The third-order valence-corrected chi connectivity index (χ3v) is 4.55. The van der Waals surface area contributed by atoms with Gasteiger partial charge in [0.15, 0.2) is 0 Å². The number of aryl methyl sites for hydroxylation is 2. The zero-order valence-corrected chi connectivity index (χ0v) is 14.2. The van der Waals surface area contributed by atoms with E-state index in [0.717, 1.165) is 16.9 Å². The van der Waals surface area contributed by atoms with Gasteiger partial charge in [0, 0.05) is 17.6 Å². The lowest BCUT2D eigenvalue weighted by atomic mass is 10.2. The number of nitrogens with zero attached hydrogens (tertiary/aromatic N) is 1. The Morgan fingerprint density at radius 3 is 2.48 bits per heavy atom. The van der Waals surface area contributed by atoms with E-state index in [0.29, 0.717) is 10.6 Å². The van der Waals surface area contributed by atoms with Crippen molar-refractivity contribution in [1.29, 1.82) is 0 Å². The molecule has 6 heteroatoms. The molecule has 1 N–H and O–H groups in total. The molecule has 1 aromatic heterocycles. The smallest absolute Gasteiger partial charge is 0.264 e. The minimum atomic E-state index is -0.366. The maximum absolute atomic E-state index is 12.8. The van der Waals surface area contributed by atoms with Crippen LogP contribution in [0.4, 0.5) is 10.1 Å². The van der Waals surface area contributed by atoms with Crippen molar-refractivity contribution >= 4 is 28.8 Å². The second-order valence-corrected chi connectivity index (χ2v) is 6.52. The van der Waals surface area contributed by atoms with E-state index < -0.39 is 0 Å². The standard InChI is InChI=1S/C17H19FN2O2S/c1-4-12-9-15(23-11(12)2)17(22)20(3)10-16(21)19-14-7-5-13(18)6-8-14/h5-9H,4,10H2,1-3H3,(H,19,21). The molecule has 1 aromatic carbocycles. The topological polar surface area (TPSA) is 49.4 Å². The second-order valence-electron chi connectivity index (χ2n) is 5.26. The van der Waals surface area contributed by atoms with Gasteiger partial charge in [-0.3, -0.25) is 9.59 Å². The molecule has 0 unspecified atom stereocenters. The Hall–Kier alpha value is -2.21. The molecule has 0 aliphatic heterocycles. The van der Waals surface area contributed by atoms with Crippen LogP contribution < -0.4 is 5.32 Å². The zero-order valence-electron chi connectivity index (χ0n) is 13.4. The van der Waals surface area contributed by atoms with Crippen molar-refractivity contribution < 1.29 is 14.0 Å². The van der Waals surface area contributed by atoms with Gasteiger partial charge >= 0.3 is 0 Å². The highest BCUT2D eigenvalue weighted by atomic mass is 32.1. The number of halogens is 1. The largest absolute Gasteiger partial charge is 0.332 e. The Morgan fingerprint density at radius 2 is 1.91 bits per heavy atom. The lowest BCUT2D eigenvalue weighted by Crippen LogP contribution is -2.34. The molecule has 2 amide bonds. The summed E-state index contributed by atoms with van der Waals surface area (Å²) in [5.74, 6) is -0.862. The van der Waals surface area contributed by atoms with E-state index >= 15 is 0 Å². The molecule has 0 radical (unpaired) electrons. The summed E-state index contributed by atoms with van der Waals surface area (Å²) in [7, 11) is 1.59. The maximum Gasteiger partial charge on any atom is 0.264 e. The predicted molar refractivity (Wildman–Crippen MR) is 90.4 cm³/mol. The number of anilines is 1. The SMILES string of the molecule is CCc1cc(C(=O)N(C)CC(=O)Nc2ccc(F)cc2)sc1C. The van der Waals surface area contributed by atoms with Gasteiger partial charge in [-0.1, -0.05) is 6.92 Å². The predicted octanol–water partition coefficient (Wildman–Crippen LogP) is 3.47. The Bertz CT molecular complexity index is 710. The monoisotopic (exact) mass is 334 g/mol. The Kier molecular flexibility index (Phi) is 5.50. The van der Waals surface area contributed by atoms with Gasteiger partial charge in [-0.15, -0.1) is 11.3 Å². The molecule has 4 nitrogen and oxygen atoms in total. The number of hydrogen-bond acceptors (Lipinski definition) is 3. The summed E-state index contributed by atoms with van der Waals surface area (Å²) >= 11 is 1.44. The molecule has 0 aliphatic carbocycles. The van der Waals surface area contributed by atoms with E-state index in [-0.39, 0.29) is 24.2 Å². The number of carbonyl (C=O) groups is 2. The Balaban J connectivity index is 1.97. The number of rotatable bonds is 5. The molecular weight excluding hydrogens is 315 g/mol. The van der Waals surface area contributed by atoms with Crippen LogP contribution in [0.5, 0.6) is 0 Å². The lowest BCUT2D eigenvalue weighted by molar-refractivity contribution is -0.116. The summed E-state index contributed by atoms with van der Waals surface area (Å²) < 4.78 is 12.8. The van der Waals surface area contributed by atoms with Crippen LogP contribution in [0.2, 0.25) is 0 Å². The van der Waals surface area contributed by atoms with Crippen molar-refractivity contribution in [3.05, 3.63) is 51.5 Å². The number of likely N-dealkylation sites (N-methyl/N-ethyl adjacent to an activating group) is 1. The first kappa shape index (κ1) is 17.1. The number of carbonyl (C=O) groups excluding carboxylic acids is 2. The molecule has 0 fully saturated rings. The second kappa shape index (κ2) is 7.37. The number of amides is 2. The summed E-state index contributed by atoms with van der Waals surface area (Å²) in [6, 6.07) is 7.38. The third-order valence-electron chi connectivity index (χ3n) is 3.47. The first-order valence-electron chi connectivity index (χ1n) is 7.31. The maximum atomic E-state index is 12.8. The van der Waals surface area contributed by atoms with Gasteiger partial charge in [0.2, 0.25) is 5.91 Å². The molecule has 122 valence electrons. The van der Waals surface area contributed by atoms with Gasteiger partial charge in [0.05, 0.1) is 11.4 Å². The molecule has 0 saturated carbocycles. The summed E-state index contributed by atoms with van der Waals surface area (Å²) in [6.45, 7) is 3.97. The van der Waals surface area contributed by atoms with Gasteiger partial charge in [0.1, 0.15) is 5.82 Å². The van der Waals surface area contributed by atoms with E-state index in [2.05, 4.69) is 5.32 Å². The van der Waals surface area contributed by atoms with E-state index in [1.165, 1.54) is 40.5 Å². The van der Waals surface area contributed by atoms with Crippen LogP contribution in [0.25, 0.3) is 0 Å². The molecule has 0 aliphatic rings. The van der Waals surface area contributed by atoms with Crippen LogP contribution in [-0.4, -0.2) is 30.3 Å². The van der Waals surface area contributed by atoms with Crippen molar-refractivity contribution in [3.8, 4) is 0 Å². The molecule has 2 rings (SSSR count). The van der Waals surface area contributed by atoms with E-state index in [4.69, 9.17) is 0 Å². The fourth-order valence-electron chi connectivity index (χ4n) is 2.19. The van der Waals surface area contributed by atoms with Crippen molar-refractivity contribution in [2.75, 3.05) is 18.9 Å². The van der Waals surface area contributed by atoms with Crippen LogP contribution in [0.15, 0.2) is 30.3 Å². The third kappa shape index (κ3) is 4.39. The number of benzene rings is 1. The molecular formula is C17H19FN2O2S. The fraction of sp³-hybridized carbons (Fsp3) is 0.294. The van der Waals surface area contributed by atoms with Crippen LogP contribution in [0.1, 0.15) is 27.0 Å². The van der Waals surface area contributed by atoms with E-state index in [1.807, 2.05) is 19.9 Å². The zero-order chi connectivity index (χ0) is 17.0. The molecule has 0 atom stereocenters. The van der Waals surface area contributed by atoms with Gasteiger partial charge in [-0.25, -0.2) is 4.39 Å². The average molecular weight is 334 g/mol. The highest BCUT2D eigenvalue weighted by Gasteiger charge is 2.18. The van der Waals surface area contributed by atoms with Gasteiger partial charge in [-0.05, 0) is 49.2 Å². The quantitative estimate of drug-likeness (QED) is 0.910. The molecule has 1 heterocycles. The molecule has 0 saturated heterocycles. The van der Waals surface area contributed by atoms with Gasteiger partial charge < -0.3 is 10.2 Å². The van der Waals surface area contributed by atoms with Crippen LogP contribution in [0, 0.1) is 12.7 Å². The lowest BCUT2D eigenvalue weighted by Gasteiger charge is -2.16. The molecule has 0 spiro atoms. The van der Waals surface area contributed by atoms with Crippen LogP contribution >= 0.6 is 11.3 Å². The van der Waals surface area contributed by atoms with Crippen LogP contribution in [-0.2, 0) is 11.2 Å². The van der Waals surface area contributed by atoms with Crippen molar-refractivity contribution in [2.45, 2.75) is 20.3 Å². The van der Waals surface area contributed by atoms with Crippen molar-refractivity contribution in [3.63, 3.8) is 0 Å². The van der Waals surface area contributed by atoms with Gasteiger partial charge in [0.25, 0.3) is 5.91 Å². The highest BCUT2D eigenvalue weighted by Crippen LogP contribution is 2.23. The van der Waals surface area contributed by atoms with Crippen molar-refractivity contribution in [1.82, 2.24) is 4.90 Å². The summed E-state index contributed by atoms with van der Waals surface area (Å²) in [6.07, 6.45) is 0.879. The van der Waals surface area contributed by atoms with Crippen LogP contribution in [0.3, 0.4) is 0 Å². The normalized spacial score (nSPS) is 10.4. The minimum Gasteiger partial charge on any atom is -0.332 e. The summed E-state index contributed by atoms with van der Waals surface area (Å²) in [5.41, 5.74) is 1.65. The van der Waals surface area contributed by atoms with Gasteiger partial charge in [-0.2, -0.15) is 0 Å². The number of hydrogen-bond donors (Lipinski definition) is 1. The average Bonchev–Trinajstić information content (AvgIpc) is 2.89. The molecule has 23 heavy (non-hydrogen) atoms. The first-order valence-corrected chi connectivity index (χ1v) is 8.12. The van der Waals surface area contributed by atoms with E-state index in [9.17, 15) is 14.0 Å². The molecule has 0 bridgehead atoms.